The van der Waals surface area contributed by atoms with Crippen LogP contribution in [0, 0.1) is 0 Å². The summed E-state index contributed by atoms with van der Waals surface area (Å²) >= 11 is 0. The molecule has 1 heterocycles. The van der Waals surface area contributed by atoms with Gasteiger partial charge in [0, 0.05) is 0 Å². The molecule has 0 aromatic rings. The zero-order valence-electron chi connectivity index (χ0n) is 9.77. The highest BCUT2D eigenvalue weighted by Crippen LogP contribution is 2.40. The van der Waals surface area contributed by atoms with Crippen LogP contribution in [0.15, 0.2) is 0 Å². The molecule has 0 aliphatic carbocycles. The Morgan fingerprint density at radius 2 is 1.31 bits per heavy atom. The van der Waals surface area contributed by atoms with E-state index in [4.69, 9.17) is 0 Å². The van der Waals surface area contributed by atoms with E-state index in [1.165, 1.54) is 0 Å². The third kappa shape index (κ3) is 1.41. The number of likely N-dealkylation sites (tertiary alicyclic amines) is 1. The van der Waals surface area contributed by atoms with Gasteiger partial charge in [-0.2, -0.15) is 0 Å². The maximum atomic E-state index is 11.6. The molecular weight excluding hydrogens is 162 g/mol. The first kappa shape index (κ1) is 10.7. The van der Waals surface area contributed by atoms with Gasteiger partial charge in [0.15, 0.2) is 0 Å². The van der Waals surface area contributed by atoms with Crippen molar-refractivity contribution in [2.24, 2.45) is 0 Å². The Labute approximate surface area is 81.5 Å². The zero-order chi connectivity index (χ0) is 10.5. The molecule has 2 heteroatoms. The van der Waals surface area contributed by atoms with Crippen molar-refractivity contribution in [2.45, 2.75) is 51.6 Å². The second-order valence-corrected chi connectivity index (χ2v) is 5.97. The number of hydrogen-bond acceptors (Lipinski definition) is 1. The van der Waals surface area contributed by atoms with Crippen LogP contribution in [0.1, 0.15) is 40.5 Å². The minimum Gasteiger partial charge on any atom is -0.319 e. The summed E-state index contributed by atoms with van der Waals surface area (Å²) in [6.45, 7) is 8.75. The van der Waals surface area contributed by atoms with E-state index >= 15 is 0 Å². The van der Waals surface area contributed by atoms with Crippen LogP contribution in [0.5, 0.6) is 0 Å². The van der Waals surface area contributed by atoms with Crippen LogP contribution in [-0.2, 0) is 4.79 Å². The molecule has 0 spiro atoms. The molecule has 1 rings (SSSR count). The van der Waals surface area contributed by atoms with Gasteiger partial charge in [0.1, 0.15) is 16.9 Å². The van der Waals surface area contributed by atoms with E-state index in [0.717, 1.165) is 4.48 Å². The molecule has 2 nitrogen and oxygen atoms in total. The van der Waals surface area contributed by atoms with Gasteiger partial charge in [-0.25, -0.2) is 0 Å². The fourth-order valence-corrected chi connectivity index (χ4v) is 2.24. The first-order valence-corrected chi connectivity index (χ1v) is 4.96. The number of ketones is 1. The Kier molecular flexibility index (Phi) is 2.11. The summed E-state index contributed by atoms with van der Waals surface area (Å²) in [7, 11) is 4.46. The Balaban J connectivity index is 3.10. The SMILES string of the molecule is CC1(C)CC(=O)CC(C)(C)[N+]1(C)C. The summed E-state index contributed by atoms with van der Waals surface area (Å²) in [6.07, 6.45) is 1.42. The standard InChI is InChI=1S/C11H22NO/c1-10(2)7-9(13)8-11(3,4)12(10,5)6/h7-8H2,1-6H3/q+1. The van der Waals surface area contributed by atoms with Gasteiger partial charge >= 0.3 is 0 Å². The summed E-state index contributed by atoms with van der Waals surface area (Å²) in [4.78, 5) is 11.6. The number of carbonyl (C=O) groups excluding carboxylic acids is 1. The molecule has 13 heavy (non-hydrogen) atoms. The van der Waals surface area contributed by atoms with E-state index in [1.807, 2.05) is 0 Å². The van der Waals surface area contributed by atoms with Gasteiger partial charge in [-0.1, -0.05) is 0 Å². The molecule has 1 aliphatic heterocycles. The lowest BCUT2D eigenvalue weighted by Gasteiger charge is -2.57. The number of Topliss-reactive ketones (excluding diaryl/α,β-unsaturated/α-hetero) is 1. The van der Waals surface area contributed by atoms with Gasteiger partial charge in [0.05, 0.1) is 26.9 Å². The molecule has 0 aromatic heterocycles. The molecule has 0 amide bonds. The number of carbonyl (C=O) groups is 1. The maximum Gasteiger partial charge on any atom is 0.145 e. The molecule has 0 saturated carbocycles. The minimum absolute atomic E-state index is 0.0683. The fraction of sp³-hybridized carbons (Fsp3) is 0.909. The molecule has 0 N–H and O–H groups in total. The molecular formula is C11H22NO+. The van der Waals surface area contributed by atoms with Crippen molar-refractivity contribution >= 4 is 5.78 Å². The fourth-order valence-electron chi connectivity index (χ4n) is 2.24. The van der Waals surface area contributed by atoms with Crippen molar-refractivity contribution in [3.63, 3.8) is 0 Å². The Morgan fingerprint density at radius 3 is 1.62 bits per heavy atom. The molecule has 0 unspecified atom stereocenters. The third-order valence-electron chi connectivity index (χ3n) is 4.29. The summed E-state index contributed by atoms with van der Waals surface area (Å²) in [6, 6.07) is 0. The number of rotatable bonds is 0. The van der Waals surface area contributed by atoms with Crippen molar-refractivity contribution in [1.82, 2.24) is 0 Å². The van der Waals surface area contributed by atoms with Crippen LogP contribution in [0.4, 0.5) is 0 Å². The zero-order valence-corrected chi connectivity index (χ0v) is 9.77. The molecule has 0 atom stereocenters. The largest absolute Gasteiger partial charge is 0.319 e. The monoisotopic (exact) mass is 184 g/mol. The van der Waals surface area contributed by atoms with Gasteiger partial charge in [-0.15, -0.1) is 0 Å². The van der Waals surface area contributed by atoms with Crippen LogP contribution in [0.2, 0.25) is 0 Å². The lowest BCUT2D eigenvalue weighted by atomic mass is 9.77. The molecule has 0 bridgehead atoms. The molecule has 1 fully saturated rings. The predicted molar refractivity (Wildman–Crippen MR) is 54.5 cm³/mol. The molecule has 1 aliphatic rings. The maximum absolute atomic E-state index is 11.6. The van der Waals surface area contributed by atoms with E-state index in [0.29, 0.717) is 18.6 Å². The van der Waals surface area contributed by atoms with Crippen LogP contribution in [-0.4, -0.2) is 35.4 Å². The van der Waals surface area contributed by atoms with Crippen molar-refractivity contribution in [1.29, 1.82) is 0 Å². The molecule has 0 aromatic carbocycles. The lowest BCUT2D eigenvalue weighted by Crippen LogP contribution is -2.70. The van der Waals surface area contributed by atoms with Crippen LogP contribution in [0.3, 0.4) is 0 Å². The average Bonchev–Trinajstić information content (AvgIpc) is 1.80. The Morgan fingerprint density at radius 1 is 1.00 bits per heavy atom. The van der Waals surface area contributed by atoms with Crippen LogP contribution in [0.25, 0.3) is 0 Å². The van der Waals surface area contributed by atoms with Gasteiger partial charge in [0.25, 0.3) is 0 Å². The number of quaternary nitrogens is 1. The topological polar surface area (TPSA) is 17.1 Å². The highest BCUT2D eigenvalue weighted by molar-refractivity contribution is 5.81. The summed E-state index contributed by atoms with van der Waals surface area (Å²) in [5, 5.41) is 0. The van der Waals surface area contributed by atoms with E-state index < -0.39 is 0 Å². The smallest absolute Gasteiger partial charge is 0.145 e. The van der Waals surface area contributed by atoms with Gasteiger partial charge in [-0.05, 0) is 27.7 Å². The van der Waals surface area contributed by atoms with Crippen molar-refractivity contribution in [3.05, 3.63) is 0 Å². The van der Waals surface area contributed by atoms with Gasteiger partial charge in [0.2, 0.25) is 0 Å². The molecule has 76 valence electrons. The van der Waals surface area contributed by atoms with Crippen molar-refractivity contribution in [2.75, 3.05) is 14.1 Å². The lowest BCUT2D eigenvalue weighted by molar-refractivity contribution is -0.983. The van der Waals surface area contributed by atoms with E-state index in [-0.39, 0.29) is 11.1 Å². The normalized spacial score (nSPS) is 30.2. The molecule has 1 saturated heterocycles. The highest BCUT2D eigenvalue weighted by atomic mass is 16.1. The summed E-state index contributed by atoms with van der Waals surface area (Å²) in [5.74, 6) is 0.410. The third-order valence-corrected chi connectivity index (χ3v) is 4.29. The summed E-state index contributed by atoms with van der Waals surface area (Å²) in [5.41, 5.74) is 0.137. The van der Waals surface area contributed by atoms with Gasteiger partial charge in [-0.3, -0.25) is 4.79 Å². The molecule has 0 radical (unpaired) electrons. The second-order valence-electron chi connectivity index (χ2n) is 5.97. The quantitative estimate of drug-likeness (QED) is 0.526. The number of nitrogens with zero attached hydrogens (tertiary/aromatic N) is 1. The van der Waals surface area contributed by atoms with Crippen LogP contribution < -0.4 is 0 Å². The van der Waals surface area contributed by atoms with E-state index in [2.05, 4.69) is 41.8 Å². The van der Waals surface area contributed by atoms with E-state index in [1.54, 1.807) is 0 Å². The number of hydrogen-bond donors (Lipinski definition) is 0. The van der Waals surface area contributed by atoms with Crippen LogP contribution >= 0.6 is 0 Å². The minimum atomic E-state index is 0.0683. The predicted octanol–water partition coefficient (Wildman–Crippen LogP) is 1.98. The second kappa shape index (κ2) is 2.57. The average molecular weight is 184 g/mol. The van der Waals surface area contributed by atoms with Gasteiger partial charge < -0.3 is 4.48 Å². The van der Waals surface area contributed by atoms with E-state index in [9.17, 15) is 4.79 Å². The highest BCUT2D eigenvalue weighted by Gasteiger charge is 2.53. The number of piperidine rings is 1. The first-order valence-electron chi connectivity index (χ1n) is 4.96. The van der Waals surface area contributed by atoms with Crippen molar-refractivity contribution in [3.8, 4) is 0 Å². The Bertz CT molecular complexity index is 216. The Hall–Kier alpha value is -0.370. The summed E-state index contributed by atoms with van der Waals surface area (Å²) < 4.78 is 0.922. The van der Waals surface area contributed by atoms with Crippen molar-refractivity contribution < 1.29 is 9.28 Å². The first-order chi connectivity index (χ1) is 5.60.